The minimum absolute atomic E-state index is 0.328. The van der Waals surface area contributed by atoms with Crippen molar-refractivity contribution in [3.8, 4) is 0 Å². The largest absolute Gasteiger partial charge is 0.480 e. The van der Waals surface area contributed by atoms with E-state index in [0.717, 1.165) is 4.88 Å². The lowest BCUT2D eigenvalue weighted by Crippen LogP contribution is -2.50. The van der Waals surface area contributed by atoms with E-state index in [1.54, 1.807) is 6.08 Å². The van der Waals surface area contributed by atoms with Gasteiger partial charge in [-0.3, -0.25) is 4.79 Å². The van der Waals surface area contributed by atoms with Crippen molar-refractivity contribution in [2.24, 2.45) is 0 Å². The molecular weight excluding hydrogens is 238 g/mol. The summed E-state index contributed by atoms with van der Waals surface area (Å²) in [7, 11) is 1.48. The summed E-state index contributed by atoms with van der Waals surface area (Å²) in [6, 6.07) is 3.77. The number of thiophene rings is 1. The van der Waals surface area contributed by atoms with Gasteiger partial charge in [0.2, 0.25) is 5.91 Å². The molecule has 5 heteroatoms. The predicted molar refractivity (Wildman–Crippen MR) is 67.8 cm³/mol. The Hall–Kier alpha value is -1.62. The van der Waals surface area contributed by atoms with Gasteiger partial charge in [0.05, 0.1) is 0 Å². The Morgan fingerprint density at radius 2 is 2.12 bits per heavy atom. The second-order valence-electron chi connectivity index (χ2n) is 4.11. The van der Waals surface area contributed by atoms with Gasteiger partial charge in [-0.05, 0) is 31.4 Å². The second-order valence-corrected chi connectivity index (χ2v) is 5.09. The molecule has 0 unspecified atom stereocenters. The highest BCUT2D eigenvalue weighted by Gasteiger charge is 2.34. The highest BCUT2D eigenvalue weighted by Crippen LogP contribution is 2.15. The summed E-state index contributed by atoms with van der Waals surface area (Å²) in [6.45, 7) is 2.98. The molecule has 0 radical (unpaired) electrons. The van der Waals surface area contributed by atoms with Crippen LogP contribution in [0.5, 0.6) is 0 Å². The Balaban J connectivity index is 2.74. The van der Waals surface area contributed by atoms with Crippen LogP contribution in [-0.4, -0.2) is 34.5 Å². The Morgan fingerprint density at radius 3 is 2.59 bits per heavy atom. The van der Waals surface area contributed by atoms with Crippen molar-refractivity contribution in [1.82, 2.24) is 4.90 Å². The van der Waals surface area contributed by atoms with E-state index < -0.39 is 11.5 Å². The third-order valence-electron chi connectivity index (χ3n) is 2.63. The number of nitrogens with zero attached hydrogens (tertiary/aromatic N) is 1. The van der Waals surface area contributed by atoms with Gasteiger partial charge in [-0.25, -0.2) is 4.79 Å². The zero-order valence-corrected chi connectivity index (χ0v) is 10.8. The van der Waals surface area contributed by atoms with Crippen molar-refractivity contribution in [2.45, 2.75) is 19.4 Å². The zero-order valence-electron chi connectivity index (χ0n) is 10.0. The second kappa shape index (κ2) is 5.14. The number of carbonyl (C=O) groups excluding carboxylic acids is 1. The van der Waals surface area contributed by atoms with Crippen LogP contribution in [-0.2, 0) is 9.59 Å². The lowest BCUT2D eigenvalue weighted by atomic mass is 10.0. The average Bonchev–Trinajstić information content (AvgIpc) is 2.77. The highest BCUT2D eigenvalue weighted by atomic mass is 32.1. The maximum Gasteiger partial charge on any atom is 0.329 e. The number of carbonyl (C=O) groups is 2. The van der Waals surface area contributed by atoms with E-state index in [2.05, 4.69) is 0 Å². The number of amides is 1. The molecule has 1 rings (SSSR count). The Kier molecular flexibility index (Phi) is 4.07. The molecule has 0 atom stereocenters. The van der Waals surface area contributed by atoms with Gasteiger partial charge in [-0.1, -0.05) is 6.07 Å². The fourth-order valence-electron chi connectivity index (χ4n) is 1.07. The molecule has 1 aromatic rings. The number of carboxylic acids is 1. The highest BCUT2D eigenvalue weighted by molar-refractivity contribution is 7.10. The number of likely N-dealkylation sites (N-methyl/N-ethyl adjacent to an activating group) is 1. The minimum atomic E-state index is -1.21. The van der Waals surface area contributed by atoms with Gasteiger partial charge in [-0.2, -0.15) is 0 Å². The third kappa shape index (κ3) is 3.17. The molecule has 0 aliphatic rings. The maximum atomic E-state index is 11.8. The van der Waals surface area contributed by atoms with E-state index in [1.807, 2.05) is 17.5 Å². The summed E-state index contributed by atoms with van der Waals surface area (Å²) in [4.78, 5) is 24.9. The summed E-state index contributed by atoms with van der Waals surface area (Å²) >= 11 is 1.52. The van der Waals surface area contributed by atoms with Gasteiger partial charge >= 0.3 is 5.97 Å². The molecule has 4 nitrogen and oxygen atoms in total. The topological polar surface area (TPSA) is 57.6 Å². The first-order valence-corrected chi connectivity index (χ1v) is 5.96. The van der Waals surface area contributed by atoms with Crippen LogP contribution < -0.4 is 0 Å². The molecule has 0 bridgehead atoms. The Morgan fingerprint density at radius 1 is 1.47 bits per heavy atom. The lowest BCUT2D eigenvalue weighted by Gasteiger charge is -2.30. The third-order valence-corrected chi connectivity index (χ3v) is 3.46. The molecule has 0 aliphatic carbocycles. The zero-order chi connectivity index (χ0) is 13.1. The fraction of sp³-hybridized carbons (Fsp3) is 0.333. The van der Waals surface area contributed by atoms with E-state index in [-0.39, 0.29) is 5.91 Å². The van der Waals surface area contributed by atoms with Crippen LogP contribution in [0.25, 0.3) is 6.08 Å². The first-order valence-electron chi connectivity index (χ1n) is 5.08. The molecule has 0 fully saturated rings. The monoisotopic (exact) mass is 253 g/mol. The smallest absolute Gasteiger partial charge is 0.329 e. The molecule has 1 N–H and O–H groups in total. The standard InChI is InChI=1S/C12H15NO3S/c1-12(2,11(15)16)13(3)10(14)7-6-9-5-4-8-17-9/h4-8H,1-3H3,(H,15,16)/b7-6+. The van der Waals surface area contributed by atoms with Gasteiger partial charge < -0.3 is 10.0 Å². The quantitative estimate of drug-likeness (QED) is 0.836. The van der Waals surface area contributed by atoms with Gasteiger partial charge in [0, 0.05) is 18.0 Å². The van der Waals surface area contributed by atoms with E-state index in [4.69, 9.17) is 5.11 Å². The fourth-order valence-corrected chi connectivity index (χ4v) is 1.69. The van der Waals surface area contributed by atoms with Crippen molar-refractivity contribution in [1.29, 1.82) is 0 Å². The Labute approximate surface area is 104 Å². The molecule has 0 saturated heterocycles. The van der Waals surface area contributed by atoms with Crippen molar-refractivity contribution >= 4 is 29.3 Å². The number of aliphatic carboxylic acids is 1. The van der Waals surface area contributed by atoms with Gasteiger partial charge in [-0.15, -0.1) is 11.3 Å². The summed E-state index contributed by atoms with van der Waals surface area (Å²) < 4.78 is 0. The molecule has 0 aliphatic heterocycles. The molecule has 17 heavy (non-hydrogen) atoms. The molecule has 1 aromatic heterocycles. The minimum Gasteiger partial charge on any atom is -0.480 e. The molecule has 0 spiro atoms. The van der Waals surface area contributed by atoms with Crippen LogP contribution in [0, 0.1) is 0 Å². The van der Waals surface area contributed by atoms with Crippen molar-refractivity contribution in [3.63, 3.8) is 0 Å². The predicted octanol–water partition coefficient (Wildman–Crippen LogP) is 2.08. The number of hydrogen-bond acceptors (Lipinski definition) is 3. The van der Waals surface area contributed by atoms with Crippen LogP contribution in [0.4, 0.5) is 0 Å². The van der Waals surface area contributed by atoms with Crippen LogP contribution in [0.1, 0.15) is 18.7 Å². The summed E-state index contributed by atoms with van der Waals surface area (Å²) in [5.41, 5.74) is -1.21. The summed E-state index contributed by atoms with van der Waals surface area (Å²) in [5, 5.41) is 10.9. The van der Waals surface area contributed by atoms with E-state index >= 15 is 0 Å². The molecule has 0 aromatic carbocycles. The van der Waals surface area contributed by atoms with Crippen molar-refractivity contribution < 1.29 is 14.7 Å². The summed E-state index contributed by atoms with van der Waals surface area (Å²) in [6.07, 6.45) is 3.07. The molecule has 92 valence electrons. The molecule has 1 heterocycles. The number of hydrogen-bond donors (Lipinski definition) is 1. The van der Waals surface area contributed by atoms with Crippen LogP contribution >= 0.6 is 11.3 Å². The van der Waals surface area contributed by atoms with E-state index in [9.17, 15) is 9.59 Å². The van der Waals surface area contributed by atoms with Crippen LogP contribution in [0.15, 0.2) is 23.6 Å². The summed E-state index contributed by atoms with van der Waals surface area (Å²) in [5.74, 6) is -1.36. The Bertz CT molecular complexity index is 435. The van der Waals surface area contributed by atoms with Crippen molar-refractivity contribution in [3.05, 3.63) is 28.5 Å². The number of rotatable bonds is 4. The van der Waals surface area contributed by atoms with Gasteiger partial charge in [0.1, 0.15) is 5.54 Å². The van der Waals surface area contributed by atoms with Gasteiger partial charge in [0.25, 0.3) is 0 Å². The normalized spacial score (nSPS) is 11.7. The molecule has 0 saturated carbocycles. The van der Waals surface area contributed by atoms with E-state index in [1.165, 1.54) is 43.2 Å². The first kappa shape index (κ1) is 13.4. The van der Waals surface area contributed by atoms with Crippen LogP contribution in [0.3, 0.4) is 0 Å². The molecule has 1 amide bonds. The van der Waals surface area contributed by atoms with Gasteiger partial charge in [0.15, 0.2) is 0 Å². The van der Waals surface area contributed by atoms with Crippen LogP contribution in [0.2, 0.25) is 0 Å². The molecular formula is C12H15NO3S. The SMILES string of the molecule is CN(C(=O)/C=C/c1cccs1)C(C)(C)C(=O)O. The van der Waals surface area contributed by atoms with E-state index in [0.29, 0.717) is 0 Å². The van der Waals surface area contributed by atoms with Crippen molar-refractivity contribution in [2.75, 3.05) is 7.05 Å². The number of carboxylic acid groups (broad SMARTS) is 1. The average molecular weight is 253 g/mol. The first-order chi connectivity index (χ1) is 7.85. The lowest BCUT2D eigenvalue weighted by molar-refractivity contribution is -0.153. The maximum absolute atomic E-state index is 11.8.